The number of aryl methyl sites for hydroxylation is 1. The summed E-state index contributed by atoms with van der Waals surface area (Å²) >= 11 is 1.48. The molecule has 0 radical (unpaired) electrons. The first-order valence-electron chi connectivity index (χ1n) is 13.5. The maximum atomic E-state index is 13.1. The molecule has 1 saturated heterocycles. The zero-order chi connectivity index (χ0) is 27.5. The first-order valence-corrected chi connectivity index (χ1v) is 14.4. The molecule has 0 aromatic carbocycles. The molecule has 3 N–H and O–H groups in total. The van der Waals surface area contributed by atoms with Gasteiger partial charge in [0.25, 0.3) is 11.5 Å². The average Bonchev–Trinajstić information content (AvgIpc) is 3.54. The number of carbonyl (C=O) groups excluding carboxylic acids is 1. The molecule has 1 fully saturated rings. The van der Waals surface area contributed by atoms with E-state index in [-0.39, 0.29) is 22.9 Å². The summed E-state index contributed by atoms with van der Waals surface area (Å²) in [5, 5.41) is 26.2. The second-order valence-electron chi connectivity index (χ2n) is 11.8. The van der Waals surface area contributed by atoms with Crippen LogP contribution >= 0.6 is 11.3 Å². The summed E-state index contributed by atoms with van der Waals surface area (Å²) in [6.07, 6.45) is 2.01. The van der Waals surface area contributed by atoms with Crippen molar-refractivity contribution >= 4 is 34.6 Å². The molecular formula is C27H36N8O3S. The van der Waals surface area contributed by atoms with Crippen LogP contribution in [0.1, 0.15) is 58.6 Å². The van der Waals surface area contributed by atoms with Gasteiger partial charge in [0, 0.05) is 56.3 Å². The number of aliphatic hydroxyl groups excluding tert-OH is 1. The number of fused-ring (bicyclic) bond motifs is 2. The van der Waals surface area contributed by atoms with Gasteiger partial charge in [-0.15, -0.1) is 11.3 Å². The predicted octanol–water partition coefficient (Wildman–Crippen LogP) is 2.24. The molecule has 1 amide bonds. The molecule has 208 valence electrons. The van der Waals surface area contributed by atoms with E-state index in [9.17, 15) is 14.7 Å². The fraction of sp³-hybridized carbons (Fsp3) is 0.556. The maximum Gasteiger partial charge on any atom is 0.290 e. The van der Waals surface area contributed by atoms with Gasteiger partial charge in [0.1, 0.15) is 5.69 Å². The molecule has 6 rings (SSSR count). The van der Waals surface area contributed by atoms with Crippen LogP contribution < -0.4 is 21.1 Å². The van der Waals surface area contributed by atoms with Crippen LogP contribution in [0, 0.1) is 5.41 Å². The molecule has 3 aromatic heterocycles. The summed E-state index contributed by atoms with van der Waals surface area (Å²) in [4.78, 5) is 32.1. The maximum absolute atomic E-state index is 13.1. The zero-order valence-electron chi connectivity index (χ0n) is 22.9. The largest absolute Gasteiger partial charge is 0.388 e. The number of likely N-dealkylation sites (N-methyl/N-ethyl adjacent to an activating group) is 1. The Morgan fingerprint density at radius 2 is 1.97 bits per heavy atom. The average molecular weight is 553 g/mol. The van der Waals surface area contributed by atoms with E-state index in [0.717, 1.165) is 61.6 Å². The van der Waals surface area contributed by atoms with Gasteiger partial charge in [-0.3, -0.25) is 19.2 Å². The predicted molar refractivity (Wildman–Crippen MR) is 151 cm³/mol. The number of nitrogens with zero attached hydrogens (tertiary/aromatic N) is 6. The Hall–Kier alpha value is -3.22. The number of hydrogen-bond donors (Lipinski definition) is 3. The Labute approximate surface area is 231 Å². The van der Waals surface area contributed by atoms with Gasteiger partial charge in [0.05, 0.1) is 23.2 Å². The van der Waals surface area contributed by atoms with Crippen molar-refractivity contribution in [1.82, 2.24) is 29.8 Å². The van der Waals surface area contributed by atoms with Gasteiger partial charge in [-0.2, -0.15) is 10.2 Å². The Balaban J connectivity index is 1.15. The summed E-state index contributed by atoms with van der Waals surface area (Å²) in [7, 11) is 3.74. The SMILES string of the molecule is CN1CCn2nc(Nc3cc(N4CCC[C@@H](NC(=O)c5cc6c(s5)CC(C)(C)[C@H]6O)C4)nn(C)c3=O)cc2C1. The van der Waals surface area contributed by atoms with Crippen LogP contribution in [-0.2, 0) is 26.6 Å². The number of aromatic nitrogens is 4. The molecule has 1 aliphatic carbocycles. The van der Waals surface area contributed by atoms with Gasteiger partial charge in [0.15, 0.2) is 11.6 Å². The van der Waals surface area contributed by atoms with Gasteiger partial charge >= 0.3 is 0 Å². The Bertz CT molecular complexity index is 1470. The van der Waals surface area contributed by atoms with E-state index in [4.69, 9.17) is 0 Å². The minimum Gasteiger partial charge on any atom is -0.388 e. The van der Waals surface area contributed by atoms with Crippen molar-refractivity contribution in [2.75, 3.05) is 36.9 Å². The molecule has 0 bridgehead atoms. The molecule has 3 aliphatic rings. The molecule has 3 aromatic rings. The fourth-order valence-electron chi connectivity index (χ4n) is 5.85. The number of amides is 1. The highest BCUT2D eigenvalue weighted by atomic mass is 32.1. The lowest BCUT2D eigenvalue weighted by Gasteiger charge is -2.34. The Kier molecular flexibility index (Phi) is 6.51. The monoisotopic (exact) mass is 552 g/mol. The highest BCUT2D eigenvalue weighted by Gasteiger charge is 2.40. The van der Waals surface area contributed by atoms with E-state index >= 15 is 0 Å². The number of thiophene rings is 1. The third-order valence-corrected chi connectivity index (χ3v) is 9.25. The van der Waals surface area contributed by atoms with Crippen molar-refractivity contribution in [3.63, 3.8) is 0 Å². The normalized spacial score (nSPS) is 22.4. The molecule has 0 spiro atoms. The van der Waals surface area contributed by atoms with Crippen LogP contribution in [0.25, 0.3) is 0 Å². The zero-order valence-corrected chi connectivity index (χ0v) is 23.7. The van der Waals surface area contributed by atoms with Gasteiger partial charge < -0.3 is 20.6 Å². The van der Waals surface area contributed by atoms with Crippen molar-refractivity contribution in [3.8, 4) is 0 Å². The van der Waals surface area contributed by atoms with Crippen LogP contribution in [0.3, 0.4) is 0 Å². The topological polar surface area (TPSA) is 121 Å². The van der Waals surface area contributed by atoms with Crippen LogP contribution in [-0.4, -0.2) is 68.2 Å². The molecule has 2 atom stereocenters. The quantitative estimate of drug-likeness (QED) is 0.441. The number of rotatable bonds is 5. The Morgan fingerprint density at radius 1 is 1.15 bits per heavy atom. The molecular weight excluding hydrogens is 516 g/mol. The summed E-state index contributed by atoms with van der Waals surface area (Å²) in [6.45, 7) is 8.07. The number of anilines is 3. The lowest BCUT2D eigenvalue weighted by molar-refractivity contribution is 0.0665. The van der Waals surface area contributed by atoms with Crippen molar-refractivity contribution in [2.45, 2.75) is 58.3 Å². The van der Waals surface area contributed by atoms with Gasteiger partial charge in [0.2, 0.25) is 0 Å². The highest BCUT2D eigenvalue weighted by Crippen LogP contribution is 2.48. The van der Waals surface area contributed by atoms with Crippen LogP contribution in [0.2, 0.25) is 0 Å². The van der Waals surface area contributed by atoms with Crippen molar-refractivity contribution in [3.05, 3.63) is 49.6 Å². The molecule has 39 heavy (non-hydrogen) atoms. The third-order valence-electron chi connectivity index (χ3n) is 8.10. The first kappa shape index (κ1) is 26.0. The summed E-state index contributed by atoms with van der Waals surface area (Å²) < 4.78 is 3.33. The molecule has 11 nitrogen and oxygen atoms in total. The van der Waals surface area contributed by atoms with Gasteiger partial charge in [-0.1, -0.05) is 13.8 Å². The minimum absolute atomic E-state index is 0.0446. The van der Waals surface area contributed by atoms with Crippen molar-refractivity contribution in [2.24, 2.45) is 12.5 Å². The summed E-state index contributed by atoms with van der Waals surface area (Å²) in [5.41, 5.74) is 2.01. The molecule has 0 saturated carbocycles. The third kappa shape index (κ3) is 4.96. The minimum atomic E-state index is -0.539. The van der Waals surface area contributed by atoms with Gasteiger partial charge in [-0.25, -0.2) is 4.68 Å². The Morgan fingerprint density at radius 3 is 2.77 bits per heavy atom. The summed E-state index contributed by atoms with van der Waals surface area (Å²) in [6, 6.07) is 5.58. The highest BCUT2D eigenvalue weighted by molar-refractivity contribution is 7.14. The number of hydrogen-bond acceptors (Lipinski definition) is 9. The van der Waals surface area contributed by atoms with Crippen LogP contribution in [0.4, 0.5) is 17.3 Å². The number of carbonyl (C=O) groups is 1. The van der Waals surface area contributed by atoms with Crippen LogP contribution in [0.15, 0.2) is 23.0 Å². The number of aliphatic hydroxyl groups is 1. The fourth-order valence-corrected chi connectivity index (χ4v) is 7.18. The molecule has 12 heteroatoms. The van der Waals surface area contributed by atoms with E-state index in [1.165, 1.54) is 16.0 Å². The smallest absolute Gasteiger partial charge is 0.290 e. The van der Waals surface area contributed by atoms with Crippen molar-refractivity contribution < 1.29 is 9.90 Å². The molecule has 0 unspecified atom stereocenters. The number of nitrogens with one attached hydrogen (secondary N) is 2. The van der Waals surface area contributed by atoms with E-state index < -0.39 is 6.10 Å². The second-order valence-corrected chi connectivity index (χ2v) is 12.9. The van der Waals surface area contributed by atoms with Crippen molar-refractivity contribution in [1.29, 1.82) is 0 Å². The van der Waals surface area contributed by atoms with E-state index in [0.29, 0.717) is 28.7 Å². The van der Waals surface area contributed by atoms with Crippen LogP contribution in [0.5, 0.6) is 0 Å². The summed E-state index contributed by atoms with van der Waals surface area (Å²) in [5.74, 6) is 1.23. The number of piperidine rings is 1. The van der Waals surface area contributed by atoms with E-state index in [1.807, 2.05) is 16.8 Å². The van der Waals surface area contributed by atoms with Gasteiger partial charge in [-0.05, 0) is 43.4 Å². The molecule has 2 aliphatic heterocycles. The lowest BCUT2D eigenvalue weighted by Crippen LogP contribution is -2.48. The standard InChI is InChI=1S/C27H36N8O3S/c1-27(2)13-21-18(24(27)36)11-20(39-21)25(37)28-16-6-5-7-34(14-16)23-12-19(26(38)33(4)31-23)29-22-10-17-15-32(3)8-9-35(17)30-22/h10-12,16,24,36H,5-9,13-15H2,1-4H3,(H,28,37)(H,29,30)/t16-,24+/m1/s1. The first-order chi connectivity index (χ1) is 18.6. The van der Waals surface area contributed by atoms with E-state index in [1.54, 1.807) is 13.1 Å². The lowest BCUT2D eigenvalue weighted by atomic mass is 9.88. The second kappa shape index (κ2) is 9.76. The molecule has 5 heterocycles. The van der Waals surface area contributed by atoms with E-state index in [2.05, 4.69) is 51.5 Å².